The van der Waals surface area contributed by atoms with Crippen molar-refractivity contribution in [2.75, 3.05) is 20.1 Å². The fraction of sp³-hybridized carbons (Fsp3) is 0.769. The van der Waals surface area contributed by atoms with Crippen LogP contribution in [0.15, 0.2) is 5.38 Å². The lowest BCUT2D eigenvalue weighted by atomic mass is 9.89. The number of hydrogen-bond acceptors (Lipinski definition) is 4. The van der Waals surface area contributed by atoms with Crippen LogP contribution in [0.25, 0.3) is 0 Å². The molecule has 2 rings (SSSR count). The van der Waals surface area contributed by atoms with E-state index in [9.17, 15) is 0 Å². The van der Waals surface area contributed by atoms with Gasteiger partial charge in [-0.15, -0.1) is 11.3 Å². The lowest BCUT2D eigenvalue weighted by molar-refractivity contribution is 0.134. The number of hydrogen-bond donors (Lipinski definition) is 1. The van der Waals surface area contributed by atoms with Crippen molar-refractivity contribution in [3.05, 3.63) is 16.1 Å². The van der Waals surface area contributed by atoms with E-state index in [0.717, 1.165) is 12.2 Å². The molecule has 0 radical (unpaired) electrons. The van der Waals surface area contributed by atoms with E-state index in [0.29, 0.717) is 6.04 Å². The quantitative estimate of drug-likeness (QED) is 0.896. The number of likely N-dealkylation sites (tertiary alicyclic amines) is 1. The molecule has 0 amide bonds. The number of aryl methyl sites for hydroxylation is 1. The van der Waals surface area contributed by atoms with Gasteiger partial charge in [-0.05, 0) is 47.2 Å². The van der Waals surface area contributed by atoms with Gasteiger partial charge in [0.25, 0.3) is 0 Å². The maximum Gasteiger partial charge on any atom is 0.114 e. The van der Waals surface area contributed by atoms with Crippen molar-refractivity contribution in [2.24, 2.45) is 0 Å². The Labute approximate surface area is 108 Å². The molecule has 96 valence electrons. The molecule has 17 heavy (non-hydrogen) atoms. The molecule has 0 bridgehead atoms. The van der Waals surface area contributed by atoms with Gasteiger partial charge in [-0.1, -0.05) is 0 Å². The van der Waals surface area contributed by atoms with Crippen molar-refractivity contribution in [1.82, 2.24) is 15.2 Å². The second-order valence-corrected chi connectivity index (χ2v) is 6.37. The maximum atomic E-state index is 4.72. The minimum atomic E-state index is 0.0695. The Bertz CT molecular complexity index is 370. The molecular weight excluding hydrogens is 230 g/mol. The minimum absolute atomic E-state index is 0.0695. The molecule has 0 aliphatic carbocycles. The first-order valence-electron chi connectivity index (χ1n) is 6.41. The van der Waals surface area contributed by atoms with Crippen molar-refractivity contribution in [3.8, 4) is 0 Å². The van der Waals surface area contributed by atoms with Gasteiger partial charge >= 0.3 is 0 Å². The van der Waals surface area contributed by atoms with Crippen LogP contribution in [0.2, 0.25) is 0 Å². The van der Waals surface area contributed by atoms with Gasteiger partial charge in [-0.2, -0.15) is 0 Å². The van der Waals surface area contributed by atoms with Crippen molar-refractivity contribution in [2.45, 2.75) is 45.2 Å². The van der Waals surface area contributed by atoms with Crippen LogP contribution in [0.4, 0.5) is 0 Å². The van der Waals surface area contributed by atoms with Crippen LogP contribution >= 0.6 is 11.3 Å². The molecule has 1 saturated heterocycles. The van der Waals surface area contributed by atoms with Gasteiger partial charge in [0, 0.05) is 23.7 Å². The van der Waals surface area contributed by atoms with Gasteiger partial charge in [-0.3, -0.25) is 0 Å². The van der Waals surface area contributed by atoms with Gasteiger partial charge in [-0.25, -0.2) is 4.98 Å². The Kier molecular flexibility index (Phi) is 3.85. The van der Waals surface area contributed by atoms with Gasteiger partial charge in [0.1, 0.15) is 5.01 Å². The largest absolute Gasteiger partial charge is 0.304 e. The molecule has 1 atom stereocenters. The second-order valence-electron chi connectivity index (χ2n) is 5.52. The highest BCUT2D eigenvalue weighted by Crippen LogP contribution is 2.33. The molecule has 0 aromatic carbocycles. The van der Waals surface area contributed by atoms with Gasteiger partial charge in [0.15, 0.2) is 0 Å². The van der Waals surface area contributed by atoms with Crippen molar-refractivity contribution in [3.63, 3.8) is 0 Å². The van der Waals surface area contributed by atoms with E-state index in [2.05, 4.69) is 43.4 Å². The molecule has 4 heteroatoms. The fourth-order valence-corrected chi connectivity index (χ4v) is 3.73. The number of nitrogens with zero attached hydrogens (tertiary/aromatic N) is 2. The van der Waals surface area contributed by atoms with Crippen LogP contribution in [0.3, 0.4) is 0 Å². The predicted octanol–water partition coefficient (Wildman–Crippen LogP) is 2.37. The minimum Gasteiger partial charge on any atom is -0.304 e. The SMILES string of the molecule is Cc1csc(C2(NC(C)C)CCCN(C)C2)n1. The van der Waals surface area contributed by atoms with E-state index in [1.165, 1.54) is 24.4 Å². The van der Waals surface area contributed by atoms with Crippen molar-refractivity contribution < 1.29 is 0 Å². The Morgan fingerprint density at radius 3 is 2.82 bits per heavy atom. The molecule has 1 aromatic heterocycles. The summed E-state index contributed by atoms with van der Waals surface area (Å²) in [5.74, 6) is 0. The highest BCUT2D eigenvalue weighted by Gasteiger charge is 2.38. The highest BCUT2D eigenvalue weighted by molar-refractivity contribution is 7.09. The first-order valence-corrected chi connectivity index (χ1v) is 7.29. The third-order valence-corrected chi connectivity index (χ3v) is 4.44. The van der Waals surface area contributed by atoms with Crippen LogP contribution in [-0.2, 0) is 5.54 Å². The zero-order valence-electron chi connectivity index (χ0n) is 11.3. The molecule has 0 spiro atoms. The Hall–Kier alpha value is -0.450. The first kappa shape index (κ1) is 13.0. The summed E-state index contributed by atoms with van der Waals surface area (Å²) in [4.78, 5) is 7.14. The average molecular weight is 253 g/mol. The molecule has 1 aromatic rings. The van der Waals surface area contributed by atoms with Gasteiger partial charge < -0.3 is 10.2 Å². The van der Waals surface area contributed by atoms with Gasteiger partial charge in [0.2, 0.25) is 0 Å². The number of aromatic nitrogens is 1. The standard InChI is InChI=1S/C13H23N3S/c1-10(2)15-13(6-5-7-16(4)9-13)12-14-11(3)8-17-12/h8,10,15H,5-7,9H2,1-4H3. The molecule has 3 nitrogen and oxygen atoms in total. The summed E-state index contributed by atoms with van der Waals surface area (Å²) in [6.45, 7) is 8.78. The zero-order valence-corrected chi connectivity index (χ0v) is 12.1. The van der Waals surface area contributed by atoms with Crippen molar-refractivity contribution >= 4 is 11.3 Å². The zero-order chi connectivity index (χ0) is 12.5. The Balaban J connectivity index is 2.29. The summed E-state index contributed by atoms with van der Waals surface area (Å²) in [6, 6.07) is 0.491. The normalized spacial score (nSPS) is 26.6. The lowest BCUT2D eigenvalue weighted by Gasteiger charge is -2.42. The van der Waals surface area contributed by atoms with Crippen LogP contribution in [-0.4, -0.2) is 36.1 Å². The molecule has 1 unspecified atom stereocenters. The van der Waals surface area contributed by atoms with E-state index >= 15 is 0 Å². The van der Waals surface area contributed by atoms with E-state index in [1.807, 2.05) is 0 Å². The third kappa shape index (κ3) is 2.87. The average Bonchev–Trinajstić information content (AvgIpc) is 2.64. The number of thiazole rings is 1. The number of rotatable bonds is 3. The fourth-order valence-electron chi connectivity index (χ4n) is 2.75. The number of likely N-dealkylation sites (N-methyl/N-ethyl adjacent to an activating group) is 1. The molecule has 0 saturated carbocycles. The number of piperidine rings is 1. The summed E-state index contributed by atoms with van der Waals surface area (Å²) in [7, 11) is 2.20. The molecule has 1 aliphatic heterocycles. The lowest BCUT2D eigenvalue weighted by Crippen LogP contribution is -2.55. The topological polar surface area (TPSA) is 28.2 Å². The third-order valence-electron chi connectivity index (χ3n) is 3.28. The van der Waals surface area contributed by atoms with Crippen LogP contribution in [0, 0.1) is 6.92 Å². The molecule has 1 aliphatic rings. The van der Waals surface area contributed by atoms with Crippen LogP contribution in [0.5, 0.6) is 0 Å². The molecule has 2 heterocycles. The predicted molar refractivity (Wildman–Crippen MR) is 73.5 cm³/mol. The van der Waals surface area contributed by atoms with E-state index in [1.54, 1.807) is 11.3 Å². The smallest absolute Gasteiger partial charge is 0.114 e. The van der Waals surface area contributed by atoms with Crippen molar-refractivity contribution in [1.29, 1.82) is 0 Å². The molecule has 1 fully saturated rings. The summed E-state index contributed by atoms with van der Waals surface area (Å²) >= 11 is 1.80. The summed E-state index contributed by atoms with van der Waals surface area (Å²) in [5, 5.41) is 7.18. The summed E-state index contributed by atoms with van der Waals surface area (Å²) in [6.07, 6.45) is 2.44. The van der Waals surface area contributed by atoms with E-state index < -0.39 is 0 Å². The van der Waals surface area contributed by atoms with Crippen LogP contribution in [0.1, 0.15) is 37.4 Å². The summed E-state index contributed by atoms with van der Waals surface area (Å²) < 4.78 is 0. The maximum absolute atomic E-state index is 4.72. The monoisotopic (exact) mass is 253 g/mol. The highest BCUT2D eigenvalue weighted by atomic mass is 32.1. The second kappa shape index (κ2) is 5.04. The van der Waals surface area contributed by atoms with E-state index in [4.69, 9.17) is 4.98 Å². The summed E-state index contributed by atoms with van der Waals surface area (Å²) in [5.41, 5.74) is 1.21. The van der Waals surface area contributed by atoms with Gasteiger partial charge in [0.05, 0.1) is 5.54 Å². The molecule has 1 N–H and O–H groups in total. The van der Waals surface area contributed by atoms with Crippen LogP contribution < -0.4 is 5.32 Å². The first-order chi connectivity index (χ1) is 8.02. The Morgan fingerprint density at radius 1 is 1.53 bits per heavy atom. The molecular formula is C13H23N3S. The Morgan fingerprint density at radius 2 is 2.29 bits per heavy atom. The van der Waals surface area contributed by atoms with E-state index in [-0.39, 0.29) is 5.54 Å². The number of nitrogens with one attached hydrogen (secondary N) is 1.